The van der Waals surface area contributed by atoms with Gasteiger partial charge in [-0.15, -0.1) is 0 Å². The molecule has 0 radical (unpaired) electrons. The number of hydrogen-bond donors (Lipinski definition) is 2. The van der Waals surface area contributed by atoms with Crippen molar-refractivity contribution in [1.82, 2.24) is 5.32 Å². The lowest BCUT2D eigenvalue weighted by Crippen LogP contribution is -2.31. The number of carboxylic acids is 1. The van der Waals surface area contributed by atoms with E-state index in [2.05, 4.69) is 5.32 Å². The smallest absolute Gasteiger partial charge is 0.303 e. The van der Waals surface area contributed by atoms with Crippen molar-refractivity contribution in [3.05, 3.63) is 0 Å². The SMILES string of the molecule is CC(=O)NCC(CC(=O)O)C(C)C. The van der Waals surface area contributed by atoms with Crippen LogP contribution < -0.4 is 5.32 Å². The molecule has 4 heteroatoms. The first-order valence-corrected chi connectivity index (χ1v) is 4.39. The summed E-state index contributed by atoms with van der Waals surface area (Å²) < 4.78 is 0. The molecule has 0 aromatic heterocycles. The van der Waals surface area contributed by atoms with E-state index in [0.29, 0.717) is 6.54 Å². The largest absolute Gasteiger partial charge is 0.481 e. The molecule has 0 saturated carbocycles. The Hall–Kier alpha value is -1.06. The van der Waals surface area contributed by atoms with Gasteiger partial charge in [-0.1, -0.05) is 13.8 Å². The molecule has 2 N–H and O–H groups in total. The summed E-state index contributed by atoms with van der Waals surface area (Å²) in [4.78, 5) is 21.0. The molecule has 0 fully saturated rings. The van der Waals surface area contributed by atoms with E-state index in [1.54, 1.807) is 0 Å². The lowest BCUT2D eigenvalue weighted by atomic mass is 9.92. The number of carbonyl (C=O) groups is 2. The van der Waals surface area contributed by atoms with Crippen molar-refractivity contribution in [2.45, 2.75) is 27.2 Å². The Bertz CT molecular complexity index is 189. The summed E-state index contributed by atoms with van der Waals surface area (Å²) in [7, 11) is 0. The number of aliphatic carboxylic acids is 1. The molecule has 0 aliphatic carbocycles. The Morgan fingerprint density at radius 3 is 2.23 bits per heavy atom. The molecule has 0 saturated heterocycles. The molecular weight excluding hydrogens is 170 g/mol. The van der Waals surface area contributed by atoms with E-state index in [1.165, 1.54) is 6.92 Å². The molecule has 1 amide bonds. The van der Waals surface area contributed by atoms with E-state index < -0.39 is 5.97 Å². The van der Waals surface area contributed by atoms with Crippen LogP contribution in [-0.2, 0) is 9.59 Å². The second-order valence-corrected chi connectivity index (χ2v) is 3.54. The zero-order valence-corrected chi connectivity index (χ0v) is 8.33. The Kier molecular flexibility index (Phi) is 5.11. The number of amides is 1. The molecule has 0 aromatic carbocycles. The van der Waals surface area contributed by atoms with Crippen LogP contribution in [0.2, 0.25) is 0 Å². The Labute approximate surface area is 78.3 Å². The summed E-state index contributed by atoms with van der Waals surface area (Å²) in [5, 5.41) is 11.2. The highest BCUT2D eigenvalue weighted by molar-refractivity contribution is 5.73. The third-order valence-corrected chi connectivity index (χ3v) is 1.99. The Morgan fingerprint density at radius 2 is 1.92 bits per heavy atom. The number of carboxylic acid groups (broad SMARTS) is 1. The lowest BCUT2D eigenvalue weighted by molar-refractivity contribution is -0.138. The summed E-state index contributed by atoms with van der Waals surface area (Å²) in [6, 6.07) is 0. The minimum atomic E-state index is -0.816. The van der Waals surface area contributed by atoms with Crippen molar-refractivity contribution >= 4 is 11.9 Å². The van der Waals surface area contributed by atoms with Crippen LogP contribution in [0, 0.1) is 11.8 Å². The summed E-state index contributed by atoms with van der Waals surface area (Å²) in [5.74, 6) is -0.649. The Morgan fingerprint density at radius 1 is 1.38 bits per heavy atom. The first-order chi connectivity index (χ1) is 5.93. The van der Waals surface area contributed by atoms with Crippen molar-refractivity contribution in [1.29, 1.82) is 0 Å². The van der Waals surface area contributed by atoms with Gasteiger partial charge in [0.25, 0.3) is 0 Å². The topological polar surface area (TPSA) is 66.4 Å². The fourth-order valence-electron chi connectivity index (χ4n) is 1.04. The van der Waals surface area contributed by atoms with Crippen LogP contribution in [0.5, 0.6) is 0 Å². The zero-order valence-electron chi connectivity index (χ0n) is 8.33. The van der Waals surface area contributed by atoms with Crippen molar-refractivity contribution in [2.24, 2.45) is 11.8 Å². The minimum absolute atomic E-state index is 0.0152. The van der Waals surface area contributed by atoms with Gasteiger partial charge in [-0.2, -0.15) is 0 Å². The maximum absolute atomic E-state index is 10.6. The third-order valence-electron chi connectivity index (χ3n) is 1.99. The van der Waals surface area contributed by atoms with Gasteiger partial charge in [0.2, 0.25) is 5.91 Å². The molecule has 13 heavy (non-hydrogen) atoms. The van der Waals surface area contributed by atoms with Gasteiger partial charge >= 0.3 is 5.97 Å². The van der Waals surface area contributed by atoms with Crippen LogP contribution in [-0.4, -0.2) is 23.5 Å². The van der Waals surface area contributed by atoms with Crippen LogP contribution in [0.1, 0.15) is 27.2 Å². The molecule has 1 unspecified atom stereocenters. The van der Waals surface area contributed by atoms with Gasteiger partial charge < -0.3 is 10.4 Å². The van der Waals surface area contributed by atoms with Gasteiger partial charge in [-0.25, -0.2) is 0 Å². The normalized spacial score (nSPS) is 12.6. The predicted octanol–water partition coefficient (Wildman–Crippen LogP) is 0.869. The average Bonchev–Trinajstić information content (AvgIpc) is 1.96. The van der Waals surface area contributed by atoms with Gasteiger partial charge in [0.1, 0.15) is 0 Å². The van der Waals surface area contributed by atoms with E-state index in [0.717, 1.165) is 0 Å². The standard InChI is InChI=1S/C9H17NO3/c1-6(2)8(4-9(12)13)5-10-7(3)11/h6,8H,4-5H2,1-3H3,(H,10,11)(H,12,13). The molecular formula is C9H17NO3. The molecule has 0 rings (SSSR count). The van der Waals surface area contributed by atoms with E-state index in [-0.39, 0.29) is 24.2 Å². The molecule has 0 aromatic rings. The van der Waals surface area contributed by atoms with Crippen LogP contribution in [0.25, 0.3) is 0 Å². The first-order valence-electron chi connectivity index (χ1n) is 4.39. The highest BCUT2D eigenvalue weighted by atomic mass is 16.4. The van der Waals surface area contributed by atoms with Gasteiger partial charge in [-0.05, 0) is 11.8 Å². The molecule has 76 valence electrons. The molecule has 0 aliphatic rings. The van der Waals surface area contributed by atoms with E-state index >= 15 is 0 Å². The maximum atomic E-state index is 10.6. The van der Waals surface area contributed by atoms with E-state index in [1.807, 2.05) is 13.8 Å². The summed E-state index contributed by atoms with van der Waals surface area (Å²) in [6.45, 7) is 5.78. The highest BCUT2D eigenvalue weighted by Gasteiger charge is 2.16. The lowest BCUT2D eigenvalue weighted by Gasteiger charge is -2.18. The number of nitrogens with one attached hydrogen (secondary N) is 1. The Balaban J connectivity index is 3.95. The van der Waals surface area contributed by atoms with Crippen LogP contribution in [0.15, 0.2) is 0 Å². The van der Waals surface area contributed by atoms with Gasteiger partial charge in [0, 0.05) is 13.5 Å². The molecule has 0 heterocycles. The van der Waals surface area contributed by atoms with Gasteiger partial charge in [0.05, 0.1) is 6.42 Å². The summed E-state index contributed by atoms with van der Waals surface area (Å²) in [5.41, 5.74) is 0. The third kappa shape index (κ3) is 6.13. The van der Waals surface area contributed by atoms with E-state index in [9.17, 15) is 9.59 Å². The molecule has 4 nitrogen and oxygen atoms in total. The second-order valence-electron chi connectivity index (χ2n) is 3.54. The number of hydrogen-bond acceptors (Lipinski definition) is 2. The second kappa shape index (κ2) is 5.56. The fourth-order valence-corrected chi connectivity index (χ4v) is 1.04. The average molecular weight is 187 g/mol. The highest BCUT2D eigenvalue weighted by Crippen LogP contribution is 2.13. The van der Waals surface area contributed by atoms with Crippen molar-refractivity contribution < 1.29 is 14.7 Å². The fraction of sp³-hybridized carbons (Fsp3) is 0.778. The van der Waals surface area contributed by atoms with Gasteiger partial charge in [-0.3, -0.25) is 9.59 Å². The quantitative estimate of drug-likeness (QED) is 0.671. The molecule has 0 spiro atoms. The summed E-state index contributed by atoms with van der Waals surface area (Å²) >= 11 is 0. The monoisotopic (exact) mass is 187 g/mol. The minimum Gasteiger partial charge on any atom is -0.481 e. The van der Waals surface area contributed by atoms with Crippen molar-refractivity contribution in [3.8, 4) is 0 Å². The van der Waals surface area contributed by atoms with Crippen LogP contribution in [0.4, 0.5) is 0 Å². The summed E-state index contributed by atoms with van der Waals surface area (Å²) in [6.07, 6.45) is 0.109. The molecule has 0 bridgehead atoms. The number of rotatable bonds is 5. The number of carbonyl (C=O) groups excluding carboxylic acids is 1. The first kappa shape index (κ1) is 11.9. The van der Waals surface area contributed by atoms with Crippen molar-refractivity contribution in [2.75, 3.05) is 6.54 Å². The van der Waals surface area contributed by atoms with Crippen molar-refractivity contribution in [3.63, 3.8) is 0 Å². The predicted molar refractivity (Wildman–Crippen MR) is 49.3 cm³/mol. The zero-order chi connectivity index (χ0) is 10.4. The van der Waals surface area contributed by atoms with Crippen LogP contribution in [0.3, 0.4) is 0 Å². The van der Waals surface area contributed by atoms with Crippen LogP contribution >= 0.6 is 0 Å². The molecule has 0 aliphatic heterocycles. The molecule has 1 atom stereocenters. The maximum Gasteiger partial charge on any atom is 0.303 e. The van der Waals surface area contributed by atoms with E-state index in [4.69, 9.17) is 5.11 Å². The van der Waals surface area contributed by atoms with Gasteiger partial charge in [0.15, 0.2) is 0 Å².